The number of hydrogen-bond donors (Lipinski definition) is 1. The van der Waals surface area contributed by atoms with Crippen LogP contribution in [0.15, 0.2) is 42.5 Å². The van der Waals surface area contributed by atoms with Crippen molar-refractivity contribution in [1.29, 1.82) is 0 Å². The number of benzene rings is 2. The molecule has 2 N–H and O–H groups in total. The Labute approximate surface area is 88.1 Å². The average molecular weight is 203 g/mol. The van der Waals surface area contributed by atoms with Gasteiger partial charge in [-0.15, -0.1) is 0 Å². The molecule has 2 aromatic carbocycles. The minimum Gasteiger partial charge on any atom is -0.398 e. The first-order valence-electron chi connectivity index (χ1n) is 4.29. The summed E-state index contributed by atoms with van der Waals surface area (Å²) in [4.78, 5) is 0. The number of anilines is 1. The third-order valence-corrected chi connectivity index (χ3v) is 2.28. The monoisotopic (exact) mass is 202 g/mol. The van der Waals surface area contributed by atoms with E-state index in [1.54, 1.807) is 6.07 Å². The van der Waals surface area contributed by atoms with E-state index in [0.29, 0.717) is 5.02 Å². The molecule has 2 aromatic rings. The van der Waals surface area contributed by atoms with E-state index in [1.807, 2.05) is 36.4 Å². The van der Waals surface area contributed by atoms with Crippen LogP contribution in [0, 0.1) is 6.07 Å². The summed E-state index contributed by atoms with van der Waals surface area (Å²) in [6.45, 7) is 0. The van der Waals surface area contributed by atoms with E-state index < -0.39 is 0 Å². The Hall–Kier alpha value is -1.47. The molecular formula is C12H9ClN. The Kier molecular flexibility index (Phi) is 2.42. The summed E-state index contributed by atoms with van der Waals surface area (Å²) in [5.41, 5.74) is 8.61. The van der Waals surface area contributed by atoms with Crippen molar-refractivity contribution in [3.8, 4) is 11.1 Å². The van der Waals surface area contributed by atoms with Crippen LogP contribution in [0.1, 0.15) is 0 Å². The number of hydrogen-bond acceptors (Lipinski definition) is 1. The Balaban J connectivity index is 2.57. The van der Waals surface area contributed by atoms with E-state index in [4.69, 9.17) is 17.3 Å². The predicted molar refractivity (Wildman–Crippen MR) is 60.1 cm³/mol. The lowest BCUT2D eigenvalue weighted by Gasteiger charge is -2.05. The summed E-state index contributed by atoms with van der Waals surface area (Å²) in [5.74, 6) is 0. The lowest BCUT2D eigenvalue weighted by molar-refractivity contribution is 1.60. The minimum absolute atomic E-state index is 0.696. The number of nitrogens with two attached hydrogens (primary N) is 1. The lowest BCUT2D eigenvalue weighted by atomic mass is 10.0. The molecule has 1 nitrogen and oxygen atoms in total. The summed E-state index contributed by atoms with van der Waals surface area (Å²) in [7, 11) is 0. The Bertz CT molecular complexity index is 437. The summed E-state index contributed by atoms with van der Waals surface area (Å²) in [5, 5.41) is 0.696. The molecule has 0 fully saturated rings. The standard InChI is InChI=1S/C12H9ClN/c13-10-6-7-12(14)11(8-10)9-4-2-1-3-5-9/h2-8H,14H2. The van der Waals surface area contributed by atoms with E-state index in [9.17, 15) is 0 Å². The van der Waals surface area contributed by atoms with Gasteiger partial charge in [-0.25, -0.2) is 0 Å². The molecule has 2 heteroatoms. The van der Waals surface area contributed by atoms with Crippen LogP contribution in [0.5, 0.6) is 0 Å². The lowest BCUT2D eigenvalue weighted by Crippen LogP contribution is -1.89. The highest BCUT2D eigenvalue weighted by Crippen LogP contribution is 2.28. The van der Waals surface area contributed by atoms with Gasteiger partial charge in [0.1, 0.15) is 0 Å². The van der Waals surface area contributed by atoms with Gasteiger partial charge >= 0.3 is 0 Å². The van der Waals surface area contributed by atoms with Crippen LogP contribution in [-0.4, -0.2) is 0 Å². The Morgan fingerprint density at radius 1 is 1.07 bits per heavy atom. The molecule has 0 aliphatic carbocycles. The van der Waals surface area contributed by atoms with Crippen molar-refractivity contribution in [2.75, 3.05) is 5.73 Å². The molecular weight excluding hydrogens is 194 g/mol. The fourth-order valence-corrected chi connectivity index (χ4v) is 1.52. The molecule has 69 valence electrons. The van der Waals surface area contributed by atoms with Crippen molar-refractivity contribution < 1.29 is 0 Å². The third kappa shape index (κ3) is 1.73. The highest BCUT2D eigenvalue weighted by Gasteiger charge is 2.01. The van der Waals surface area contributed by atoms with Gasteiger partial charge in [-0.3, -0.25) is 0 Å². The summed E-state index contributed by atoms with van der Waals surface area (Å²) >= 11 is 5.90. The zero-order valence-corrected chi connectivity index (χ0v) is 8.25. The zero-order valence-electron chi connectivity index (χ0n) is 7.50. The van der Waals surface area contributed by atoms with Crippen LogP contribution < -0.4 is 5.73 Å². The normalized spacial score (nSPS) is 10.1. The van der Waals surface area contributed by atoms with Crippen LogP contribution in [0.25, 0.3) is 11.1 Å². The largest absolute Gasteiger partial charge is 0.398 e. The first-order chi connectivity index (χ1) is 6.77. The maximum atomic E-state index is 5.90. The van der Waals surface area contributed by atoms with Crippen LogP contribution in [0.3, 0.4) is 0 Å². The molecule has 0 amide bonds. The van der Waals surface area contributed by atoms with Gasteiger partial charge in [-0.1, -0.05) is 35.9 Å². The van der Waals surface area contributed by atoms with Crippen LogP contribution >= 0.6 is 11.6 Å². The van der Waals surface area contributed by atoms with Crippen molar-refractivity contribution in [2.45, 2.75) is 0 Å². The number of nitrogen functional groups attached to an aromatic ring is 1. The van der Waals surface area contributed by atoms with Gasteiger partial charge in [-0.05, 0) is 29.8 Å². The smallest absolute Gasteiger partial charge is 0.0413 e. The molecule has 0 saturated heterocycles. The molecule has 0 heterocycles. The van der Waals surface area contributed by atoms with Gasteiger partial charge in [0.2, 0.25) is 0 Å². The van der Waals surface area contributed by atoms with Crippen molar-refractivity contribution >= 4 is 17.3 Å². The molecule has 0 saturated carbocycles. The van der Waals surface area contributed by atoms with E-state index in [0.717, 1.165) is 16.8 Å². The van der Waals surface area contributed by atoms with Crippen LogP contribution in [-0.2, 0) is 0 Å². The second-order valence-corrected chi connectivity index (χ2v) is 3.46. The first-order valence-corrected chi connectivity index (χ1v) is 4.67. The van der Waals surface area contributed by atoms with Crippen molar-refractivity contribution in [3.63, 3.8) is 0 Å². The maximum absolute atomic E-state index is 5.90. The van der Waals surface area contributed by atoms with E-state index >= 15 is 0 Å². The molecule has 14 heavy (non-hydrogen) atoms. The topological polar surface area (TPSA) is 26.0 Å². The van der Waals surface area contributed by atoms with E-state index in [-0.39, 0.29) is 0 Å². The quantitative estimate of drug-likeness (QED) is 0.705. The minimum atomic E-state index is 0.696. The Morgan fingerprint density at radius 2 is 1.79 bits per heavy atom. The molecule has 1 radical (unpaired) electrons. The van der Waals surface area contributed by atoms with Crippen molar-refractivity contribution in [1.82, 2.24) is 0 Å². The molecule has 0 atom stereocenters. The van der Waals surface area contributed by atoms with Gasteiger partial charge in [0.25, 0.3) is 0 Å². The van der Waals surface area contributed by atoms with Crippen LogP contribution in [0.2, 0.25) is 5.02 Å². The second kappa shape index (κ2) is 3.72. The third-order valence-electron chi connectivity index (χ3n) is 2.04. The number of halogens is 1. The molecule has 0 aliphatic rings. The highest BCUT2D eigenvalue weighted by molar-refractivity contribution is 6.31. The number of rotatable bonds is 1. The Morgan fingerprint density at radius 3 is 2.50 bits per heavy atom. The molecule has 0 spiro atoms. The second-order valence-electron chi connectivity index (χ2n) is 3.02. The summed E-state index contributed by atoms with van der Waals surface area (Å²) in [6, 6.07) is 16.1. The average Bonchev–Trinajstić information content (AvgIpc) is 2.23. The maximum Gasteiger partial charge on any atom is 0.0413 e. The molecule has 0 aliphatic heterocycles. The molecule has 2 rings (SSSR count). The molecule has 0 unspecified atom stereocenters. The molecule has 0 bridgehead atoms. The van der Waals surface area contributed by atoms with Crippen molar-refractivity contribution in [2.24, 2.45) is 0 Å². The van der Waals surface area contributed by atoms with Gasteiger partial charge in [0.05, 0.1) is 0 Å². The highest BCUT2D eigenvalue weighted by atomic mass is 35.5. The predicted octanol–water partition coefficient (Wildman–Crippen LogP) is 3.39. The van der Waals surface area contributed by atoms with Gasteiger partial charge in [0.15, 0.2) is 0 Å². The summed E-state index contributed by atoms with van der Waals surface area (Å²) < 4.78 is 0. The SMILES string of the molecule is Nc1ccc(Cl)cc1-c1cc[c]cc1. The molecule has 0 aromatic heterocycles. The van der Waals surface area contributed by atoms with E-state index in [2.05, 4.69) is 6.07 Å². The first kappa shape index (κ1) is 9.10. The van der Waals surface area contributed by atoms with Gasteiger partial charge < -0.3 is 5.73 Å². The van der Waals surface area contributed by atoms with Crippen molar-refractivity contribution in [3.05, 3.63) is 53.6 Å². The fourth-order valence-electron chi connectivity index (χ4n) is 1.34. The van der Waals surface area contributed by atoms with Gasteiger partial charge in [-0.2, -0.15) is 0 Å². The fraction of sp³-hybridized carbons (Fsp3) is 0. The summed E-state index contributed by atoms with van der Waals surface area (Å²) in [6.07, 6.45) is 0. The van der Waals surface area contributed by atoms with E-state index in [1.165, 1.54) is 0 Å². The van der Waals surface area contributed by atoms with Crippen LogP contribution in [0.4, 0.5) is 5.69 Å². The van der Waals surface area contributed by atoms with Gasteiger partial charge in [0, 0.05) is 16.3 Å². The zero-order chi connectivity index (χ0) is 9.97.